The normalized spacial score (nSPS) is 18.1. The molecule has 2 heterocycles. The highest BCUT2D eigenvalue weighted by molar-refractivity contribution is 9.10. The lowest BCUT2D eigenvalue weighted by Crippen LogP contribution is -2.14. The van der Waals surface area contributed by atoms with Gasteiger partial charge < -0.3 is 0 Å². The van der Waals surface area contributed by atoms with Gasteiger partial charge in [0.15, 0.2) is 5.65 Å². The van der Waals surface area contributed by atoms with Gasteiger partial charge >= 0.3 is 0 Å². The molecule has 0 N–H and O–H groups in total. The zero-order valence-corrected chi connectivity index (χ0v) is 10.7. The third kappa shape index (κ3) is 1.75. The van der Waals surface area contributed by atoms with Crippen LogP contribution in [-0.4, -0.2) is 14.8 Å². The van der Waals surface area contributed by atoms with E-state index in [1.54, 1.807) is 0 Å². The lowest BCUT2D eigenvalue weighted by Gasteiger charge is -2.22. The van der Waals surface area contributed by atoms with Crippen LogP contribution in [0.25, 0.3) is 11.0 Å². The lowest BCUT2D eigenvalue weighted by molar-refractivity contribution is 0.336. The number of nitrogens with zero attached hydrogens (tertiary/aromatic N) is 3. The van der Waals surface area contributed by atoms with Crippen molar-refractivity contribution in [1.29, 1.82) is 0 Å². The molecule has 0 aromatic carbocycles. The van der Waals surface area contributed by atoms with Gasteiger partial charge in [-0.25, -0.2) is 9.67 Å². The van der Waals surface area contributed by atoms with E-state index in [2.05, 4.69) is 36.8 Å². The Morgan fingerprint density at radius 1 is 1.19 bits per heavy atom. The van der Waals surface area contributed by atoms with E-state index in [9.17, 15) is 0 Å². The SMILES string of the molecule is Brc1cnc2c(cnn2C2CCCCC2)c1. The second-order valence-electron chi connectivity index (χ2n) is 4.45. The minimum absolute atomic E-state index is 0.555. The van der Waals surface area contributed by atoms with E-state index in [0.29, 0.717) is 6.04 Å². The summed E-state index contributed by atoms with van der Waals surface area (Å²) in [6, 6.07) is 2.63. The summed E-state index contributed by atoms with van der Waals surface area (Å²) in [6.07, 6.45) is 10.3. The second-order valence-corrected chi connectivity index (χ2v) is 5.36. The standard InChI is InChI=1S/C12H14BrN3/c13-10-6-9-7-15-16(12(9)14-8-10)11-4-2-1-3-5-11/h6-8,11H,1-5H2. The highest BCUT2D eigenvalue weighted by Crippen LogP contribution is 2.30. The molecule has 0 amide bonds. The van der Waals surface area contributed by atoms with Gasteiger partial charge in [0, 0.05) is 16.1 Å². The summed E-state index contributed by atoms with van der Waals surface area (Å²) in [5.41, 5.74) is 1.02. The molecule has 1 fully saturated rings. The minimum Gasteiger partial charge on any atom is -0.244 e. The Morgan fingerprint density at radius 2 is 2.00 bits per heavy atom. The second kappa shape index (κ2) is 4.17. The molecule has 0 aliphatic heterocycles. The number of fused-ring (bicyclic) bond motifs is 1. The molecule has 1 aliphatic rings. The monoisotopic (exact) mass is 279 g/mol. The zero-order chi connectivity index (χ0) is 11.0. The zero-order valence-electron chi connectivity index (χ0n) is 9.06. The third-order valence-corrected chi connectivity index (χ3v) is 3.75. The molecule has 0 spiro atoms. The molecule has 3 nitrogen and oxygen atoms in total. The molecule has 0 radical (unpaired) electrons. The maximum Gasteiger partial charge on any atom is 0.158 e. The quantitative estimate of drug-likeness (QED) is 0.797. The van der Waals surface area contributed by atoms with E-state index in [1.807, 2.05) is 12.4 Å². The first-order valence-electron chi connectivity index (χ1n) is 5.83. The fourth-order valence-electron chi connectivity index (χ4n) is 2.51. The van der Waals surface area contributed by atoms with Gasteiger partial charge in [-0.2, -0.15) is 5.10 Å². The van der Waals surface area contributed by atoms with Crippen molar-refractivity contribution in [2.45, 2.75) is 38.1 Å². The van der Waals surface area contributed by atoms with Crippen molar-refractivity contribution in [2.75, 3.05) is 0 Å². The molecule has 2 aromatic heterocycles. The largest absolute Gasteiger partial charge is 0.244 e. The number of halogens is 1. The summed E-state index contributed by atoms with van der Waals surface area (Å²) >= 11 is 3.44. The fraction of sp³-hybridized carbons (Fsp3) is 0.500. The number of hydrogen-bond donors (Lipinski definition) is 0. The first-order chi connectivity index (χ1) is 7.84. The van der Waals surface area contributed by atoms with E-state index in [-0.39, 0.29) is 0 Å². The van der Waals surface area contributed by atoms with Gasteiger partial charge in [-0.3, -0.25) is 0 Å². The fourth-order valence-corrected chi connectivity index (χ4v) is 2.86. The minimum atomic E-state index is 0.555. The van der Waals surface area contributed by atoms with Crippen molar-refractivity contribution >= 4 is 27.0 Å². The van der Waals surface area contributed by atoms with E-state index in [4.69, 9.17) is 0 Å². The molecule has 3 rings (SSSR count). The van der Waals surface area contributed by atoms with Gasteiger partial charge in [0.1, 0.15) is 0 Å². The van der Waals surface area contributed by atoms with E-state index in [1.165, 1.54) is 32.1 Å². The Kier molecular flexibility index (Phi) is 2.67. The van der Waals surface area contributed by atoms with Crippen molar-refractivity contribution in [2.24, 2.45) is 0 Å². The van der Waals surface area contributed by atoms with Crippen LogP contribution in [0.15, 0.2) is 22.9 Å². The highest BCUT2D eigenvalue weighted by atomic mass is 79.9. The Labute approximate surface area is 103 Å². The molecule has 0 unspecified atom stereocenters. The molecular formula is C12H14BrN3. The number of aromatic nitrogens is 3. The maximum absolute atomic E-state index is 4.49. The molecule has 0 bridgehead atoms. The highest BCUT2D eigenvalue weighted by Gasteiger charge is 2.18. The average molecular weight is 280 g/mol. The van der Waals surface area contributed by atoms with E-state index < -0.39 is 0 Å². The molecule has 4 heteroatoms. The molecular weight excluding hydrogens is 266 g/mol. The predicted molar refractivity (Wildman–Crippen MR) is 67.4 cm³/mol. The summed E-state index contributed by atoms with van der Waals surface area (Å²) in [7, 11) is 0. The van der Waals surface area contributed by atoms with Gasteiger partial charge in [-0.15, -0.1) is 0 Å². The van der Waals surface area contributed by atoms with Gasteiger partial charge in [-0.1, -0.05) is 19.3 Å². The first-order valence-corrected chi connectivity index (χ1v) is 6.62. The van der Waals surface area contributed by atoms with Crippen LogP contribution in [0.1, 0.15) is 38.1 Å². The summed E-state index contributed by atoms with van der Waals surface area (Å²) in [5.74, 6) is 0. The molecule has 2 aromatic rings. The average Bonchev–Trinajstić information content (AvgIpc) is 2.73. The summed E-state index contributed by atoms with van der Waals surface area (Å²) < 4.78 is 3.13. The Bertz CT molecular complexity index is 500. The van der Waals surface area contributed by atoms with Crippen LogP contribution in [-0.2, 0) is 0 Å². The van der Waals surface area contributed by atoms with Crippen molar-refractivity contribution in [3.8, 4) is 0 Å². The van der Waals surface area contributed by atoms with Crippen LogP contribution in [0.3, 0.4) is 0 Å². The number of rotatable bonds is 1. The lowest BCUT2D eigenvalue weighted by atomic mass is 9.96. The van der Waals surface area contributed by atoms with Gasteiger partial charge in [-0.05, 0) is 34.8 Å². The Balaban J connectivity index is 2.03. The van der Waals surface area contributed by atoms with Crippen molar-refractivity contribution < 1.29 is 0 Å². The van der Waals surface area contributed by atoms with Gasteiger partial charge in [0.25, 0.3) is 0 Å². The molecule has 0 atom stereocenters. The maximum atomic E-state index is 4.49. The van der Waals surface area contributed by atoms with Gasteiger partial charge in [0.05, 0.1) is 12.2 Å². The summed E-state index contributed by atoms with van der Waals surface area (Å²) in [5, 5.41) is 5.62. The Morgan fingerprint density at radius 3 is 2.81 bits per heavy atom. The van der Waals surface area contributed by atoms with Crippen LogP contribution in [0.5, 0.6) is 0 Å². The molecule has 1 aliphatic carbocycles. The van der Waals surface area contributed by atoms with Crippen LogP contribution in [0.2, 0.25) is 0 Å². The Hall–Kier alpha value is -0.900. The van der Waals surface area contributed by atoms with Gasteiger partial charge in [0.2, 0.25) is 0 Å². The van der Waals surface area contributed by atoms with Crippen LogP contribution in [0.4, 0.5) is 0 Å². The molecule has 16 heavy (non-hydrogen) atoms. The van der Waals surface area contributed by atoms with Crippen molar-refractivity contribution in [1.82, 2.24) is 14.8 Å². The third-order valence-electron chi connectivity index (χ3n) is 3.32. The van der Waals surface area contributed by atoms with Crippen LogP contribution < -0.4 is 0 Å². The number of pyridine rings is 1. The summed E-state index contributed by atoms with van der Waals surface area (Å²) in [6.45, 7) is 0. The predicted octanol–water partition coefficient (Wildman–Crippen LogP) is 3.70. The van der Waals surface area contributed by atoms with Crippen molar-refractivity contribution in [3.05, 3.63) is 22.9 Å². The molecule has 84 valence electrons. The molecule has 0 saturated heterocycles. The van der Waals surface area contributed by atoms with Crippen LogP contribution >= 0.6 is 15.9 Å². The summed E-state index contributed by atoms with van der Waals surface area (Å²) in [4.78, 5) is 4.47. The van der Waals surface area contributed by atoms with E-state index in [0.717, 1.165) is 15.5 Å². The first kappa shape index (κ1) is 10.3. The van der Waals surface area contributed by atoms with E-state index >= 15 is 0 Å². The molecule has 1 saturated carbocycles. The van der Waals surface area contributed by atoms with Crippen molar-refractivity contribution in [3.63, 3.8) is 0 Å². The smallest absolute Gasteiger partial charge is 0.158 e. The number of hydrogen-bond acceptors (Lipinski definition) is 2. The van der Waals surface area contributed by atoms with Crippen LogP contribution in [0, 0.1) is 0 Å². The topological polar surface area (TPSA) is 30.7 Å².